The smallest absolute Gasteiger partial charge is 0.312 e. The van der Waals surface area contributed by atoms with Crippen molar-refractivity contribution in [1.82, 2.24) is 5.16 Å². The molecular weight excluding hydrogens is 314 g/mol. The van der Waals surface area contributed by atoms with Crippen molar-refractivity contribution in [1.29, 1.82) is 0 Å². The third kappa shape index (κ3) is 3.48. The highest BCUT2D eigenvalue weighted by Gasteiger charge is 2.15. The lowest BCUT2D eigenvalue weighted by Crippen LogP contribution is -2.15. The maximum absolute atomic E-state index is 12.0. The van der Waals surface area contributed by atoms with Crippen LogP contribution >= 0.6 is 11.3 Å². The summed E-state index contributed by atoms with van der Waals surface area (Å²) in [4.78, 5) is 25.6. The first-order chi connectivity index (χ1) is 11.2. The molecule has 0 aliphatic carbocycles. The van der Waals surface area contributed by atoms with E-state index in [0.29, 0.717) is 16.2 Å². The van der Waals surface area contributed by atoms with Gasteiger partial charge in [-0.25, -0.2) is 0 Å². The number of ether oxygens (including phenoxy) is 1. The van der Waals surface area contributed by atoms with Gasteiger partial charge in [0, 0.05) is 10.3 Å². The number of rotatable bonds is 6. The summed E-state index contributed by atoms with van der Waals surface area (Å²) in [6.45, 7) is 1.78. The minimum absolute atomic E-state index is 0.0189. The maximum atomic E-state index is 12.0. The molecule has 0 aliphatic heterocycles. The molecule has 0 aliphatic rings. The van der Waals surface area contributed by atoms with Crippen molar-refractivity contribution in [2.45, 2.75) is 19.8 Å². The highest BCUT2D eigenvalue weighted by molar-refractivity contribution is 7.14. The van der Waals surface area contributed by atoms with Gasteiger partial charge in [0.15, 0.2) is 12.2 Å². The number of aryl methyl sites for hydroxylation is 1. The maximum Gasteiger partial charge on any atom is 0.312 e. The zero-order chi connectivity index (χ0) is 16.2. The number of esters is 1. The molecule has 5 nitrogen and oxygen atoms in total. The number of Topliss-reactive ketones (excluding diaryl/α,β-unsaturated/α-hetero) is 1. The van der Waals surface area contributed by atoms with Gasteiger partial charge in [0.05, 0.1) is 11.3 Å². The van der Waals surface area contributed by atoms with Gasteiger partial charge in [-0.1, -0.05) is 24.2 Å². The van der Waals surface area contributed by atoms with E-state index in [1.807, 2.05) is 31.2 Å². The van der Waals surface area contributed by atoms with Crippen molar-refractivity contribution in [3.63, 3.8) is 0 Å². The quantitative estimate of drug-likeness (QED) is 0.512. The van der Waals surface area contributed by atoms with Gasteiger partial charge in [0.25, 0.3) is 0 Å². The van der Waals surface area contributed by atoms with Crippen molar-refractivity contribution in [2.75, 3.05) is 6.61 Å². The van der Waals surface area contributed by atoms with Crippen LogP contribution in [0, 0.1) is 0 Å². The molecule has 2 heterocycles. The van der Waals surface area contributed by atoms with Crippen LogP contribution in [0.25, 0.3) is 11.0 Å². The van der Waals surface area contributed by atoms with E-state index in [1.54, 1.807) is 12.1 Å². The number of nitrogens with zero attached hydrogens (tertiary/aromatic N) is 1. The summed E-state index contributed by atoms with van der Waals surface area (Å²) in [5, 5.41) is 4.66. The van der Waals surface area contributed by atoms with Gasteiger partial charge >= 0.3 is 5.97 Å². The van der Waals surface area contributed by atoms with E-state index in [4.69, 9.17) is 9.26 Å². The summed E-state index contributed by atoms with van der Waals surface area (Å²) in [5.41, 5.74) is 1.14. The van der Waals surface area contributed by atoms with Crippen LogP contribution in [-0.4, -0.2) is 23.5 Å². The Morgan fingerprint density at radius 2 is 2.04 bits per heavy atom. The standard InChI is InChI=1S/C17H15NO4S/c1-2-11-7-8-16(23-11)14(19)10-21-17(20)9-13-12-5-3-4-6-15(12)22-18-13/h3-8H,2,9-10H2,1H3. The number of hydrogen-bond donors (Lipinski definition) is 0. The second-order valence-electron chi connectivity index (χ2n) is 5.01. The predicted molar refractivity (Wildman–Crippen MR) is 86.7 cm³/mol. The van der Waals surface area contributed by atoms with E-state index in [2.05, 4.69) is 5.16 Å². The number of benzene rings is 1. The fourth-order valence-electron chi connectivity index (χ4n) is 2.19. The first-order valence-corrected chi connectivity index (χ1v) is 8.10. The Hall–Kier alpha value is -2.47. The van der Waals surface area contributed by atoms with E-state index in [-0.39, 0.29) is 18.8 Å². The minimum atomic E-state index is -0.496. The number of hydrogen-bond acceptors (Lipinski definition) is 6. The molecule has 0 radical (unpaired) electrons. The summed E-state index contributed by atoms with van der Waals surface area (Å²) >= 11 is 1.43. The number of fused-ring (bicyclic) bond motifs is 1. The average molecular weight is 329 g/mol. The van der Waals surface area contributed by atoms with Gasteiger partial charge < -0.3 is 9.26 Å². The molecule has 0 spiro atoms. The summed E-state index contributed by atoms with van der Waals surface area (Å²) < 4.78 is 10.2. The topological polar surface area (TPSA) is 69.4 Å². The molecule has 118 valence electrons. The van der Waals surface area contributed by atoms with Crippen molar-refractivity contribution < 1.29 is 18.8 Å². The second kappa shape index (κ2) is 6.75. The molecule has 0 amide bonds. The van der Waals surface area contributed by atoms with Crippen LogP contribution < -0.4 is 0 Å². The molecule has 0 saturated carbocycles. The fraction of sp³-hybridized carbons (Fsp3) is 0.235. The number of carbonyl (C=O) groups is 2. The lowest BCUT2D eigenvalue weighted by atomic mass is 10.2. The molecule has 0 fully saturated rings. The van der Waals surface area contributed by atoms with Crippen molar-refractivity contribution in [3.05, 3.63) is 51.8 Å². The van der Waals surface area contributed by atoms with E-state index < -0.39 is 5.97 Å². The van der Waals surface area contributed by atoms with Crippen LogP contribution in [0.4, 0.5) is 0 Å². The van der Waals surface area contributed by atoms with Crippen LogP contribution in [0.1, 0.15) is 27.2 Å². The third-order valence-corrected chi connectivity index (χ3v) is 4.68. The average Bonchev–Trinajstić information content (AvgIpc) is 3.20. The number of thiophene rings is 1. The third-order valence-electron chi connectivity index (χ3n) is 3.41. The molecule has 1 aromatic carbocycles. The largest absolute Gasteiger partial charge is 0.457 e. The summed E-state index contributed by atoms with van der Waals surface area (Å²) in [5.74, 6) is -0.683. The molecule has 0 unspecified atom stereocenters. The predicted octanol–water partition coefficient (Wildman–Crippen LogP) is 3.42. The van der Waals surface area contributed by atoms with E-state index in [9.17, 15) is 9.59 Å². The van der Waals surface area contributed by atoms with Gasteiger partial charge in [-0.3, -0.25) is 9.59 Å². The van der Waals surface area contributed by atoms with Crippen molar-refractivity contribution in [3.8, 4) is 0 Å². The lowest BCUT2D eigenvalue weighted by Gasteiger charge is -2.01. The summed E-state index contributed by atoms with van der Waals surface area (Å²) in [6, 6.07) is 11.0. The molecule has 2 aromatic heterocycles. The van der Waals surface area contributed by atoms with Gasteiger partial charge in [-0.2, -0.15) is 0 Å². The van der Waals surface area contributed by atoms with Crippen LogP contribution in [0.2, 0.25) is 0 Å². The zero-order valence-electron chi connectivity index (χ0n) is 12.6. The fourth-order valence-corrected chi connectivity index (χ4v) is 3.06. The number of carbonyl (C=O) groups excluding carboxylic acids is 2. The molecule has 23 heavy (non-hydrogen) atoms. The Morgan fingerprint density at radius 3 is 2.83 bits per heavy atom. The summed E-state index contributed by atoms with van der Waals surface area (Å²) in [6.07, 6.45) is 0.867. The van der Waals surface area contributed by atoms with Gasteiger partial charge in [0.1, 0.15) is 5.69 Å². The van der Waals surface area contributed by atoms with Crippen LogP contribution in [0.3, 0.4) is 0 Å². The number of aromatic nitrogens is 1. The van der Waals surface area contributed by atoms with Crippen LogP contribution in [-0.2, 0) is 22.4 Å². The molecule has 3 aromatic rings. The Morgan fingerprint density at radius 1 is 1.22 bits per heavy atom. The molecule has 0 saturated heterocycles. The lowest BCUT2D eigenvalue weighted by molar-refractivity contribution is -0.141. The van der Waals surface area contributed by atoms with Gasteiger partial charge in [0.2, 0.25) is 5.78 Å². The normalized spacial score (nSPS) is 10.8. The SMILES string of the molecule is CCc1ccc(C(=O)COC(=O)Cc2noc3ccccc23)s1. The molecule has 0 atom stereocenters. The number of ketones is 1. The van der Waals surface area contributed by atoms with Crippen LogP contribution in [0.5, 0.6) is 0 Å². The molecular formula is C17H15NO4S. The highest BCUT2D eigenvalue weighted by atomic mass is 32.1. The monoisotopic (exact) mass is 329 g/mol. The Bertz CT molecular complexity index is 849. The van der Waals surface area contributed by atoms with Gasteiger partial charge in [-0.05, 0) is 30.7 Å². The molecule has 0 N–H and O–H groups in total. The highest BCUT2D eigenvalue weighted by Crippen LogP contribution is 2.19. The zero-order valence-corrected chi connectivity index (χ0v) is 13.4. The Balaban J connectivity index is 1.58. The van der Waals surface area contributed by atoms with E-state index in [1.165, 1.54) is 11.3 Å². The molecule has 6 heteroatoms. The Kier molecular flexibility index (Phi) is 4.52. The minimum Gasteiger partial charge on any atom is -0.457 e. The van der Waals surface area contributed by atoms with Gasteiger partial charge in [-0.15, -0.1) is 11.3 Å². The van der Waals surface area contributed by atoms with Crippen molar-refractivity contribution >= 4 is 34.1 Å². The second-order valence-corrected chi connectivity index (χ2v) is 6.17. The van der Waals surface area contributed by atoms with Crippen LogP contribution in [0.15, 0.2) is 40.9 Å². The summed E-state index contributed by atoms with van der Waals surface area (Å²) in [7, 11) is 0. The number of para-hydroxylation sites is 1. The first-order valence-electron chi connectivity index (χ1n) is 7.28. The molecule has 3 rings (SSSR count). The van der Waals surface area contributed by atoms with E-state index in [0.717, 1.165) is 16.7 Å². The first kappa shape index (κ1) is 15.4. The van der Waals surface area contributed by atoms with E-state index >= 15 is 0 Å². The molecule has 0 bridgehead atoms. The van der Waals surface area contributed by atoms with Crippen molar-refractivity contribution in [2.24, 2.45) is 0 Å². The Labute approximate surface area is 136 Å².